The van der Waals surface area contributed by atoms with Gasteiger partial charge in [0.25, 0.3) is 11.8 Å². The molecule has 0 atom stereocenters. The van der Waals surface area contributed by atoms with E-state index in [9.17, 15) is 22.0 Å². The molecule has 1 aliphatic carbocycles. The molecule has 3 fully saturated rings. The fourth-order valence-electron chi connectivity index (χ4n) is 5.79. The second kappa shape index (κ2) is 11.0. The van der Waals surface area contributed by atoms with E-state index in [1.54, 1.807) is 46.1 Å². The maximum absolute atomic E-state index is 13.8. The highest BCUT2D eigenvalue weighted by Gasteiger charge is 2.44. The predicted octanol–water partition coefficient (Wildman–Crippen LogP) is 3.99. The Bertz CT molecular complexity index is 1570. The molecule has 1 amide bonds. The van der Waals surface area contributed by atoms with Gasteiger partial charge in [0, 0.05) is 58.5 Å². The van der Waals surface area contributed by atoms with Crippen molar-refractivity contribution in [3.05, 3.63) is 42.4 Å². The van der Waals surface area contributed by atoms with Crippen molar-refractivity contribution in [2.24, 2.45) is 5.41 Å². The molecule has 2 N–H and O–H groups in total. The number of fused-ring (bicyclic) bond motifs is 1. The van der Waals surface area contributed by atoms with Crippen LogP contribution in [-0.2, 0) is 14.8 Å². The topological polar surface area (TPSA) is 121 Å². The van der Waals surface area contributed by atoms with E-state index in [1.807, 2.05) is 0 Å². The molecule has 4 heterocycles. The van der Waals surface area contributed by atoms with E-state index < -0.39 is 21.9 Å². The van der Waals surface area contributed by atoms with Gasteiger partial charge in [-0.25, -0.2) is 27.2 Å². The van der Waals surface area contributed by atoms with Crippen molar-refractivity contribution in [3.63, 3.8) is 0 Å². The molecule has 2 aromatic heterocycles. The number of alkyl halides is 2. The first kappa shape index (κ1) is 28.6. The molecule has 14 heteroatoms. The van der Waals surface area contributed by atoms with Crippen molar-refractivity contribution < 1.29 is 26.7 Å². The molecule has 6 rings (SSSR count). The Balaban J connectivity index is 1.28. The van der Waals surface area contributed by atoms with Crippen LogP contribution in [0.4, 0.5) is 31.8 Å². The van der Waals surface area contributed by atoms with Crippen molar-refractivity contribution in [1.82, 2.24) is 14.4 Å². The first-order chi connectivity index (χ1) is 20.1. The van der Waals surface area contributed by atoms with Gasteiger partial charge in [-0.1, -0.05) is 0 Å². The summed E-state index contributed by atoms with van der Waals surface area (Å²) in [5.74, 6) is -2.62. The molecule has 11 nitrogen and oxygen atoms in total. The third-order valence-corrected chi connectivity index (χ3v) is 9.84. The lowest BCUT2D eigenvalue weighted by Crippen LogP contribution is -2.40. The molecule has 1 spiro atoms. The van der Waals surface area contributed by atoms with Crippen molar-refractivity contribution in [3.8, 4) is 0 Å². The number of anilines is 4. The molecule has 1 aromatic carbocycles. The van der Waals surface area contributed by atoms with E-state index in [0.717, 1.165) is 25.9 Å². The number of methoxy groups -OCH3 is 1. The quantitative estimate of drug-likeness (QED) is 0.377. The summed E-state index contributed by atoms with van der Waals surface area (Å²) >= 11 is 0. The average Bonchev–Trinajstić information content (AvgIpc) is 3.53. The molecule has 0 unspecified atom stereocenters. The number of rotatable bonds is 9. The van der Waals surface area contributed by atoms with E-state index in [4.69, 9.17) is 4.74 Å². The van der Waals surface area contributed by atoms with Gasteiger partial charge in [0.05, 0.1) is 35.5 Å². The van der Waals surface area contributed by atoms with E-state index in [-0.39, 0.29) is 44.1 Å². The molecule has 2 aliphatic heterocycles. The SMILES string of the molecule is COCCS(=O)(=O)Nc1ccc(C(=O)Nc2cn3ccnc3c(N3CCC(F)(F)CC3)n2)c(N2CCC3(CC2)CC3)c1. The minimum Gasteiger partial charge on any atom is -0.384 e. The van der Waals surface area contributed by atoms with Crippen LogP contribution in [0.15, 0.2) is 36.8 Å². The fraction of sp³-hybridized carbons (Fsp3) is 0.536. The van der Waals surface area contributed by atoms with Gasteiger partial charge >= 0.3 is 0 Å². The molecule has 0 radical (unpaired) electrons. The van der Waals surface area contributed by atoms with Crippen molar-refractivity contribution in [2.75, 3.05) is 65.5 Å². The van der Waals surface area contributed by atoms with Gasteiger partial charge in [-0.2, -0.15) is 0 Å². The summed E-state index contributed by atoms with van der Waals surface area (Å²) < 4.78 is 62.0. The Morgan fingerprint density at radius 3 is 2.45 bits per heavy atom. The second-order valence-electron chi connectivity index (χ2n) is 11.5. The number of nitrogens with zero attached hydrogens (tertiary/aromatic N) is 5. The van der Waals surface area contributed by atoms with Gasteiger partial charge in [0.1, 0.15) is 0 Å². The van der Waals surface area contributed by atoms with E-state index in [2.05, 4.69) is 24.9 Å². The number of piperidine rings is 2. The minimum absolute atomic E-state index is 0.0625. The number of nitrogens with one attached hydrogen (secondary N) is 2. The number of benzene rings is 1. The van der Waals surface area contributed by atoms with Gasteiger partial charge in [-0.3, -0.25) is 9.52 Å². The summed E-state index contributed by atoms with van der Waals surface area (Å²) in [5.41, 5.74) is 2.32. The first-order valence-electron chi connectivity index (χ1n) is 14.2. The van der Waals surface area contributed by atoms with E-state index in [1.165, 1.54) is 20.0 Å². The number of aromatic nitrogens is 3. The maximum atomic E-state index is 13.8. The van der Waals surface area contributed by atoms with Crippen LogP contribution in [0.3, 0.4) is 0 Å². The molecule has 3 aromatic rings. The normalized spacial score (nSPS) is 19.7. The summed E-state index contributed by atoms with van der Waals surface area (Å²) in [6.45, 7) is 1.85. The van der Waals surface area contributed by atoms with Crippen molar-refractivity contribution in [2.45, 2.75) is 44.4 Å². The number of carbonyl (C=O) groups is 1. The van der Waals surface area contributed by atoms with Crippen LogP contribution in [0.1, 0.15) is 48.9 Å². The van der Waals surface area contributed by atoms with Gasteiger partial charge < -0.3 is 24.3 Å². The molecule has 1 saturated carbocycles. The number of carbonyl (C=O) groups excluding carboxylic acids is 1. The molecule has 42 heavy (non-hydrogen) atoms. The Labute approximate surface area is 243 Å². The fourth-order valence-corrected chi connectivity index (χ4v) is 6.76. The van der Waals surface area contributed by atoms with E-state index in [0.29, 0.717) is 33.8 Å². The van der Waals surface area contributed by atoms with E-state index >= 15 is 0 Å². The number of halogens is 2. The largest absolute Gasteiger partial charge is 0.384 e. The number of hydrogen-bond acceptors (Lipinski definition) is 8. The van der Waals surface area contributed by atoms with Crippen LogP contribution in [0.5, 0.6) is 0 Å². The van der Waals surface area contributed by atoms with Crippen molar-refractivity contribution in [1.29, 1.82) is 0 Å². The molecule has 0 bridgehead atoms. The predicted molar refractivity (Wildman–Crippen MR) is 156 cm³/mol. The number of sulfonamides is 1. The number of hydrogen-bond donors (Lipinski definition) is 2. The van der Waals surface area contributed by atoms with Crippen LogP contribution in [0.2, 0.25) is 0 Å². The Hall–Kier alpha value is -3.52. The highest BCUT2D eigenvalue weighted by Crippen LogP contribution is 2.54. The smallest absolute Gasteiger partial charge is 0.258 e. The molecular weight excluding hydrogens is 568 g/mol. The van der Waals surface area contributed by atoms with Crippen LogP contribution in [0, 0.1) is 5.41 Å². The Morgan fingerprint density at radius 2 is 1.76 bits per heavy atom. The zero-order valence-corrected chi connectivity index (χ0v) is 24.3. The zero-order chi connectivity index (χ0) is 29.5. The highest BCUT2D eigenvalue weighted by atomic mass is 32.2. The number of amides is 1. The van der Waals surface area contributed by atoms with Crippen LogP contribution in [0.25, 0.3) is 5.65 Å². The third-order valence-electron chi connectivity index (χ3n) is 8.59. The van der Waals surface area contributed by atoms with Crippen LogP contribution >= 0.6 is 0 Å². The molecular formula is C28H35F2N7O4S. The Kier molecular flexibility index (Phi) is 7.46. The van der Waals surface area contributed by atoms with Crippen LogP contribution in [-0.4, -0.2) is 80.3 Å². The van der Waals surface area contributed by atoms with Crippen molar-refractivity contribution >= 4 is 44.6 Å². The van der Waals surface area contributed by atoms with Gasteiger partial charge in [-0.15, -0.1) is 0 Å². The number of ether oxygens (including phenoxy) is 1. The monoisotopic (exact) mass is 603 g/mol. The summed E-state index contributed by atoms with van der Waals surface area (Å²) in [6.07, 6.45) is 8.90. The average molecular weight is 604 g/mol. The second-order valence-corrected chi connectivity index (χ2v) is 13.4. The lowest BCUT2D eigenvalue weighted by molar-refractivity contribution is -0.0221. The number of imidazole rings is 1. The maximum Gasteiger partial charge on any atom is 0.258 e. The van der Waals surface area contributed by atoms with Gasteiger partial charge in [-0.05, 0) is 49.3 Å². The standard InChI is InChI=1S/C28H35F2N7O4S/c1-41-16-17-42(39,40)34-20-2-3-21(22(18-20)35-11-6-27(4-5-27)7-12-35)26(38)33-23-19-37-15-10-31-24(37)25(32-23)36-13-8-28(29,30)9-14-36/h2-3,10,15,18-19,34H,4-9,11-14,16-17H2,1H3,(H,33,38). The lowest BCUT2D eigenvalue weighted by atomic mass is 9.93. The summed E-state index contributed by atoms with van der Waals surface area (Å²) in [5, 5.41) is 2.88. The summed E-state index contributed by atoms with van der Waals surface area (Å²) in [6, 6.07) is 4.89. The minimum atomic E-state index is -3.64. The Morgan fingerprint density at radius 1 is 1.05 bits per heavy atom. The lowest BCUT2D eigenvalue weighted by Gasteiger charge is -2.35. The molecule has 2 saturated heterocycles. The molecule has 226 valence electrons. The van der Waals surface area contributed by atoms with Gasteiger partial charge in [0.15, 0.2) is 17.3 Å². The van der Waals surface area contributed by atoms with Gasteiger partial charge in [0.2, 0.25) is 10.0 Å². The third kappa shape index (κ3) is 6.14. The highest BCUT2D eigenvalue weighted by molar-refractivity contribution is 7.92. The summed E-state index contributed by atoms with van der Waals surface area (Å²) in [7, 11) is -2.20. The first-order valence-corrected chi connectivity index (χ1v) is 15.9. The summed E-state index contributed by atoms with van der Waals surface area (Å²) in [4.78, 5) is 26.6. The molecule has 3 aliphatic rings. The van der Waals surface area contributed by atoms with Crippen LogP contribution < -0.4 is 19.8 Å². The zero-order valence-electron chi connectivity index (χ0n) is 23.5.